The van der Waals surface area contributed by atoms with Crippen LogP contribution in [0.5, 0.6) is 0 Å². The third-order valence-corrected chi connectivity index (χ3v) is 2.40. The third kappa shape index (κ3) is 3.57. The molecule has 0 aliphatic rings. The Morgan fingerprint density at radius 2 is 2.06 bits per heavy atom. The maximum atomic E-state index is 12.6. The molecule has 0 saturated carbocycles. The molecule has 0 saturated heterocycles. The Kier molecular flexibility index (Phi) is 4.52. The maximum absolute atomic E-state index is 12.6. The normalized spacial score (nSPS) is 13.9. The first-order chi connectivity index (χ1) is 7.32. The molecule has 0 aliphatic heterocycles. The molecular weight excluding hydrogens is 261 g/mol. The van der Waals surface area contributed by atoms with Crippen molar-refractivity contribution >= 4 is 24.2 Å². The van der Waals surface area contributed by atoms with Crippen LogP contribution in [-0.2, 0) is 17.5 Å². The lowest BCUT2D eigenvalue weighted by Crippen LogP contribution is -2.11. The number of thiol groups is 1. The van der Waals surface area contributed by atoms with E-state index < -0.39 is 17.2 Å². The number of halogens is 4. The molecule has 0 fully saturated rings. The molecular formula is C10H10ClF3OS. The summed E-state index contributed by atoms with van der Waals surface area (Å²) in [6.45, 7) is 1.41. The van der Waals surface area contributed by atoms with Gasteiger partial charge in [0, 0.05) is 10.6 Å². The van der Waals surface area contributed by atoms with Crippen molar-refractivity contribution in [1.29, 1.82) is 0 Å². The zero-order valence-corrected chi connectivity index (χ0v) is 10.0. The largest absolute Gasteiger partial charge is 0.416 e. The molecule has 1 unspecified atom stereocenters. The van der Waals surface area contributed by atoms with Crippen LogP contribution in [-0.4, -0.2) is 5.44 Å². The van der Waals surface area contributed by atoms with Crippen LogP contribution in [0.3, 0.4) is 0 Å². The van der Waals surface area contributed by atoms with Gasteiger partial charge in [0.05, 0.1) is 17.6 Å². The fourth-order valence-electron chi connectivity index (χ4n) is 1.17. The Morgan fingerprint density at radius 1 is 1.44 bits per heavy atom. The van der Waals surface area contributed by atoms with Crippen molar-refractivity contribution in [3.63, 3.8) is 0 Å². The molecule has 16 heavy (non-hydrogen) atoms. The molecule has 1 aromatic rings. The van der Waals surface area contributed by atoms with Crippen molar-refractivity contribution in [2.75, 3.05) is 0 Å². The smallest absolute Gasteiger partial charge is 0.363 e. The summed E-state index contributed by atoms with van der Waals surface area (Å²) in [7, 11) is 0. The molecule has 1 rings (SSSR count). The highest BCUT2D eigenvalue weighted by molar-refractivity contribution is 7.80. The van der Waals surface area contributed by atoms with Gasteiger partial charge in [0.2, 0.25) is 0 Å². The van der Waals surface area contributed by atoms with Gasteiger partial charge in [0.15, 0.2) is 0 Å². The van der Waals surface area contributed by atoms with Crippen molar-refractivity contribution in [3.8, 4) is 0 Å². The minimum atomic E-state index is -4.43. The molecule has 0 amide bonds. The lowest BCUT2D eigenvalue weighted by Gasteiger charge is -2.15. The Bertz CT molecular complexity index is 366. The Labute approximate surface area is 102 Å². The summed E-state index contributed by atoms with van der Waals surface area (Å²) in [6.07, 6.45) is -4.43. The van der Waals surface area contributed by atoms with Gasteiger partial charge in [-0.25, -0.2) is 0 Å². The van der Waals surface area contributed by atoms with E-state index in [1.165, 1.54) is 12.1 Å². The molecule has 1 aromatic carbocycles. The number of benzene rings is 1. The Morgan fingerprint density at radius 3 is 2.56 bits per heavy atom. The molecule has 0 radical (unpaired) electrons. The molecule has 0 bridgehead atoms. The molecule has 0 heterocycles. The van der Waals surface area contributed by atoms with Crippen LogP contribution in [0.25, 0.3) is 0 Å². The molecule has 1 atom stereocenters. The minimum Gasteiger partial charge on any atom is -0.363 e. The zero-order valence-electron chi connectivity index (χ0n) is 8.38. The van der Waals surface area contributed by atoms with Gasteiger partial charge in [-0.3, -0.25) is 0 Å². The number of hydrogen-bond donors (Lipinski definition) is 1. The van der Waals surface area contributed by atoms with Gasteiger partial charge in [-0.15, -0.1) is 12.6 Å². The number of alkyl halides is 3. The average Bonchev–Trinajstić information content (AvgIpc) is 2.13. The van der Waals surface area contributed by atoms with E-state index in [9.17, 15) is 13.2 Å². The quantitative estimate of drug-likeness (QED) is 0.641. The van der Waals surface area contributed by atoms with E-state index in [1.54, 1.807) is 6.92 Å². The van der Waals surface area contributed by atoms with Gasteiger partial charge in [-0.1, -0.05) is 17.7 Å². The zero-order chi connectivity index (χ0) is 12.3. The second kappa shape index (κ2) is 5.29. The van der Waals surface area contributed by atoms with Crippen LogP contribution in [0.2, 0.25) is 5.02 Å². The summed E-state index contributed by atoms with van der Waals surface area (Å²) in [6, 6.07) is 3.64. The van der Waals surface area contributed by atoms with Crippen LogP contribution in [0.1, 0.15) is 18.1 Å². The van der Waals surface area contributed by atoms with E-state index in [2.05, 4.69) is 12.6 Å². The number of ether oxygens (including phenoxy) is 1. The fraction of sp³-hybridized carbons (Fsp3) is 0.400. The highest BCUT2D eigenvalue weighted by Crippen LogP contribution is 2.35. The molecule has 0 N–H and O–H groups in total. The predicted molar refractivity (Wildman–Crippen MR) is 59.7 cm³/mol. The first kappa shape index (κ1) is 13.7. The lowest BCUT2D eigenvalue weighted by atomic mass is 10.1. The van der Waals surface area contributed by atoms with Crippen molar-refractivity contribution in [2.45, 2.75) is 25.1 Å². The second-order valence-corrected chi connectivity index (χ2v) is 4.31. The molecule has 6 heteroatoms. The van der Waals surface area contributed by atoms with Crippen LogP contribution in [0.15, 0.2) is 18.2 Å². The van der Waals surface area contributed by atoms with E-state index in [4.69, 9.17) is 16.3 Å². The summed E-state index contributed by atoms with van der Waals surface area (Å²) in [5.74, 6) is 0. The summed E-state index contributed by atoms with van der Waals surface area (Å²) >= 11 is 9.64. The summed E-state index contributed by atoms with van der Waals surface area (Å²) in [4.78, 5) is 0. The molecule has 0 aromatic heterocycles. The molecule has 0 spiro atoms. The second-order valence-electron chi connectivity index (χ2n) is 3.17. The summed E-state index contributed by atoms with van der Waals surface area (Å²) in [5.41, 5.74) is -1.27. The summed E-state index contributed by atoms with van der Waals surface area (Å²) < 4.78 is 42.9. The van der Waals surface area contributed by atoms with Gasteiger partial charge in [0.25, 0.3) is 0 Å². The van der Waals surface area contributed by atoms with Crippen molar-refractivity contribution in [3.05, 3.63) is 34.3 Å². The monoisotopic (exact) mass is 270 g/mol. The number of hydrogen-bond acceptors (Lipinski definition) is 2. The van der Waals surface area contributed by atoms with Crippen LogP contribution in [0.4, 0.5) is 13.2 Å². The first-order valence-electron chi connectivity index (χ1n) is 4.46. The van der Waals surface area contributed by atoms with Gasteiger partial charge in [-0.2, -0.15) is 13.2 Å². The Hall–Kier alpha value is -0.390. The van der Waals surface area contributed by atoms with Crippen LogP contribution < -0.4 is 0 Å². The van der Waals surface area contributed by atoms with Crippen LogP contribution >= 0.6 is 24.2 Å². The maximum Gasteiger partial charge on any atom is 0.416 e. The van der Waals surface area contributed by atoms with E-state index in [-0.39, 0.29) is 17.2 Å². The standard InChI is InChI=1S/C10H10ClF3OS/c1-6(16)15-5-7-8(10(12,13)14)3-2-4-9(7)11/h2-4,6,16H,5H2,1H3. The van der Waals surface area contributed by atoms with Gasteiger partial charge < -0.3 is 4.74 Å². The van der Waals surface area contributed by atoms with Crippen molar-refractivity contribution < 1.29 is 17.9 Å². The topological polar surface area (TPSA) is 9.23 Å². The van der Waals surface area contributed by atoms with E-state index in [0.29, 0.717) is 0 Å². The Balaban J connectivity index is 3.04. The van der Waals surface area contributed by atoms with Gasteiger partial charge in [0.1, 0.15) is 0 Å². The van der Waals surface area contributed by atoms with Crippen molar-refractivity contribution in [2.24, 2.45) is 0 Å². The molecule has 90 valence electrons. The van der Waals surface area contributed by atoms with Crippen molar-refractivity contribution in [1.82, 2.24) is 0 Å². The first-order valence-corrected chi connectivity index (χ1v) is 5.36. The third-order valence-electron chi connectivity index (χ3n) is 1.89. The SMILES string of the molecule is CC(S)OCc1c(Cl)cccc1C(F)(F)F. The molecule has 0 aliphatic carbocycles. The van der Waals surface area contributed by atoms with E-state index in [0.717, 1.165) is 6.07 Å². The lowest BCUT2D eigenvalue weighted by molar-refractivity contribution is -0.138. The number of rotatable bonds is 3. The fourth-order valence-corrected chi connectivity index (χ4v) is 1.48. The minimum absolute atomic E-state index is 0.0452. The highest BCUT2D eigenvalue weighted by atomic mass is 35.5. The molecule has 1 nitrogen and oxygen atoms in total. The predicted octanol–water partition coefficient (Wildman–Crippen LogP) is 4.15. The van der Waals surface area contributed by atoms with Gasteiger partial charge >= 0.3 is 6.18 Å². The van der Waals surface area contributed by atoms with Crippen LogP contribution in [0, 0.1) is 0 Å². The summed E-state index contributed by atoms with van der Waals surface area (Å²) in [5, 5.41) is 0.0452. The van der Waals surface area contributed by atoms with Gasteiger partial charge in [-0.05, 0) is 19.1 Å². The highest BCUT2D eigenvalue weighted by Gasteiger charge is 2.34. The van der Waals surface area contributed by atoms with E-state index >= 15 is 0 Å². The van der Waals surface area contributed by atoms with E-state index in [1.807, 2.05) is 0 Å². The average molecular weight is 271 g/mol.